The minimum atomic E-state index is -0.522. The Bertz CT molecular complexity index is 1110. The first kappa shape index (κ1) is 21.0. The van der Waals surface area contributed by atoms with Crippen molar-refractivity contribution in [2.45, 2.75) is 58.0 Å². The van der Waals surface area contributed by atoms with Gasteiger partial charge in [-0.05, 0) is 26.2 Å². The van der Waals surface area contributed by atoms with E-state index >= 15 is 0 Å². The second-order valence-electron chi connectivity index (χ2n) is 8.26. The Labute approximate surface area is 179 Å². The topological polar surface area (TPSA) is 124 Å². The van der Waals surface area contributed by atoms with E-state index < -0.39 is 11.4 Å². The first-order valence-corrected chi connectivity index (χ1v) is 10.6. The summed E-state index contributed by atoms with van der Waals surface area (Å²) in [4.78, 5) is 25.4. The number of nitrogen functional groups attached to an aromatic ring is 1. The van der Waals surface area contributed by atoms with E-state index in [0.29, 0.717) is 29.0 Å². The third-order valence-corrected chi connectivity index (χ3v) is 5.64. The molecule has 164 valence electrons. The lowest BCUT2D eigenvalue weighted by molar-refractivity contribution is 0.0944. The van der Waals surface area contributed by atoms with Crippen LogP contribution in [0.5, 0.6) is 0 Å². The zero-order valence-electron chi connectivity index (χ0n) is 17.8. The summed E-state index contributed by atoms with van der Waals surface area (Å²) in [5.74, 6) is -0.187. The summed E-state index contributed by atoms with van der Waals surface area (Å²) in [6, 6.07) is 1.28. The van der Waals surface area contributed by atoms with Gasteiger partial charge in [0.25, 0.3) is 5.91 Å². The molecule has 1 aliphatic rings. The predicted molar refractivity (Wildman–Crippen MR) is 116 cm³/mol. The van der Waals surface area contributed by atoms with E-state index in [1.165, 1.54) is 6.07 Å². The number of aromatic nitrogens is 5. The van der Waals surface area contributed by atoms with Crippen LogP contribution < -0.4 is 16.4 Å². The van der Waals surface area contributed by atoms with Crippen LogP contribution in [0.15, 0.2) is 18.5 Å². The van der Waals surface area contributed by atoms with Crippen LogP contribution in [0.2, 0.25) is 0 Å². The van der Waals surface area contributed by atoms with E-state index in [1.54, 1.807) is 6.20 Å². The van der Waals surface area contributed by atoms with Crippen LogP contribution >= 0.6 is 0 Å². The summed E-state index contributed by atoms with van der Waals surface area (Å²) in [5.41, 5.74) is 7.69. The lowest BCUT2D eigenvalue weighted by atomic mass is 9.94. The fraction of sp³-hybridized carbons (Fsp3) is 0.476. The number of fused-ring (bicyclic) bond motifs is 2. The van der Waals surface area contributed by atoms with Crippen LogP contribution in [0.4, 0.5) is 16.2 Å². The highest BCUT2D eigenvalue weighted by Gasteiger charge is 2.28. The van der Waals surface area contributed by atoms with E-state index in [-0.39, 0.29) is 11.9 Å². The van der Waals surface area contributed by atoms with Crippen molar-refractivity contribution in [1.29, 1.82) is 0 Å². The second-order valence-corrected chi connectivity index (χ2v) is 8.26. The Kier molecular flexibility index (Phi) is 5.71. The molecular weight excluding hydrogens is 399 g/mol. The normalized spacial score (nSPS) is 14.9. The molecule has 0 fully saturated rings. The number of hydrogen-bond donors (Lipinski definition) is 3. The van der Waals surface area contributed by atoms with Crippen molar-refractivity contribution in [3.05, 3.63) is 35.5 Å². The number of carbonyl (C=O) groups excluding carboxylic acids is 1. The molecule has 0 saturated carbocycles. The highest BCUT2D eigenvalue weighted by atomic mass is 19.1. The summed E-state index contributed by atoms with van der Waals surface area (Å²) in [5, 5.41) is 10.7. The summed E-state index contributed by atoms with van der Waals surface area (Å²) < 4.78 is 15.5. The molecule has 4 heterocycles. The largest absolute Gasteiger partial charge is 0.368 e. The molecule has 4 N–H and O–H groups in total. The van der Waals surface area contributed by atoms with Crippen LogP contribution in [-0.2, 0) is 13.0 Å². The number of pyridine rings is 1. The van der Waals surface area contributed by atoms with Crippen LogP contribution in [0.1, 0.15) is 55.6 Å². The van der Waals surface area contributed by atoms with Gasteiger partial charge < -0.3 is 16.4 Å². The third-order valence-electron chi connectivity index (χ3n) is 5.64. The molecule has 0 spiro atoms. The summed E-state index contributed by atoms with van der Waals surface area (Å²) >= 11 is 0. The van der Waals surface area contributed by atoms with E-state index in [1.807, 2.05) is 11.6 Å². The molecule has 0 radical (unpaired) electrons. The van der Waals surface area contributed by atoms with Gasteiger partial charge in [0.05, 0.1) is 34.7 Å². The molecule has 0 aromatic carbocycles. The quantitative estimate of drug-likeness (QED) is 0.506. The average molecular weight is 427 g/mol. The van der Waals surface area contributed by atoms with Crippen LogP contribution in [0, 0.1) is 5.82 Å². The van der Waals surface area contributed by atoms with Crippen LogP contribution in [-0.4, -0.2) is 42.7 Å². The molecule has 0 aliphatic carbocycles. The SMILES string of the molecule is CCCCC(C)(CNC(=O)c1cnn2c1CCC2)Nc1nc(N)nc2cc(F)cnc12. The minimum Gasteiger partial charge on any atom is -0.368 e. The third kappa shape index (κ3) is 4.42. The number of carbonyl (C=O) groups is 1. The zero-order chi connectivity index (χ0) is 22.0. The van der Waals surface area contributed by atoms with Gasteiger partial charge >= 0.3 is 0 Å². The zero-order valence-corrected chi connectivity index (χ0v) is 17.8. The van der Waals surface area contributed by atoms with Gasteiger partial charge in [-0.1, -0.05) is 19.8 Å². The van der Waals surface area contributed by atoms with Gasteiger partial charge in [0.2, 0.25) is 5.95 Å². The van der Waals surface area contributed by atoms with E-state index in [0.717, 1.165) is 50.5 Å². The number of nitrogens with one attached hydrogen (secondary N) is 2. The van der Waals surface area contributed by atoms with Gasteiger partial charge in [0.15, 0.2) is 5.82 Å². The van der Waals surface area contributed by atoms with Crippen molar-refractivity contribution >= 4 is 28.7 Å². The van der Waals surface area contributed by atoms with Gasteiger partial charge in [0.1, 0.15) is 11.3 Å². The van der Waals surface area contributed by atoms with E-state index in [4.69, 9.17) is 5.73 Å². The number of nitrogens with two attached hydrogens (primary N) is 1. The molecule has 10 heteroatoms. The molecule has 0 saturated heterocycles. The Morgan fingerprint density at radius 3 is 3.00 bits per heavy atom. The molecule has 3 aromatic heterocycles. The van der Waals surface area contributed by atoms with Gasteiger partial charge in [-0.2, -0.15) is 10.1 Å². The summed E-state index contributed by atoms with van der Waals surface area (Å²) in [6.45, 7) is 5.34. The van der Waals surface area contributed by atoms with Crippen molar-refractivity contribution < 1.29 is 9.18 Å². The van der Waals surface area contributed by atoms with Gasteiger partial charge in [0, 0.05) is 19.2 Å². The van der Waals surface area contributed by atoms with Crippen LogP contribution in [0.25, 0.3) is 11.0 Å². The molecule has 3 aromatic rings. The number of aryl methyl sites for hydroxylation is 1. The van der Waals surface area contributed by atoms with Crippen molar-refractivity contribution in [2.24, 2.45) is 0 Å². The molecule has 1 atom stereocenters. The van der Waals surface area contributed by atoms with Crippen molar-refractivity contribution in [2.75, 3.05) is 17.6 Å². The molecule has 1 unspecified atom stereocenters. The van der Waals surface area contributed by atoms with Gasteiger partial charge in [-0.25, -0.2) is 14.4 Å². The number of hydrogen-bond acceptors (Lipinski definition) is 7. The fourth-order valence-corrected chi connectivity index (χ4v) is 3.97. The Balaban J connectivity index is 1.56. The van der Waals surface area contributed by atoms with E-state index in [2.05, 4.69) is 37.6 Å². The second kappa shape index (κ2) is 8.44. The first-order chi connectivity index (χ1) is 14.9. The number of rotatable bonds is 8. The highest BCUT2D eigenvalue weighted by molar-refractivity contribution is 5.95. The van der Waals surface area contributed by atoms with Gasteiger partial charge in [-0.3, -0.25) is 9.48 Å². The van der Waals surface area contributed by atoms with Crippen molar-refractivity contribution in [1.82, 2.24) is 30.0 Å². The lowest BCUT2D eigenvalue weighted by Gasteiger charge is -2.32. The number of nitrogens with zero attached hydrogens (tertiary/aromatic N) is 5. The molecule has 1 aliphatic heterocycles. The molecule has 31 heavy (non-hydrogen) atoms. The fourth-order valence-electron chi connectivity index (χ4n) is 3.97. The minimum absolute atomic E-state index is 0.0275. The van der Waals surface area contributed by atoms with Crippen LogP contribution in [0.3, 0.4) is 0 Å². The Morgan fingerprint density at radius 2 is 2.19 bits per heavy atom. The van der Waals surface area contributed by atoms with Crippen molar-refractivity contribution in [3.63, 3.8) is 0 Å². The number of halogens is 1. The van der Waals surface area contributed by atoms with Gasteiger partial charge in [-0.15, -0.1) is 0 Å². The maximum absolute atomic E-state index is 13.6. The molecule has 9 nitrogen and oxygen atoms in total. The highest BCUT2D eigenvalue weighted by Crippen LogP contribution is 2.26. The van der Waals surface area contributed by atoms with E-state index in [9.17, 15) is 9.18 Å². The average Bonchev–Trinajstić information content (AvgIpc) is 3.34. The predicted octanol–water partition coefficient (Wildman–Crippen LogP) is 2.68. The first-order valence-electron chi connectivity index (χ1n) is 10.6. The summed E-state index contributed by atoms with van der Waals surface area (Å²) in [6.07, 6.45) is 7.36. The summed E-state index contributed by atoms with van der Waals surface area (Å²) in [7, 11) is 0. The maximum Gasteiger partial charge on any atom is 0.254 e. The molecule has 1 amide bonds. The standard InChI is InChI=1S/C21H27FN8O/c1-3-4-7-21(2,12-25-19(31)14-11-26-30-8-5-6-16(14)30)29-18-17-15(27-20(23)28-18)9-13(22)10-24-17/h9-11H,3-8,12H2,1-2H3,(H,25,31)(H3,23,27,28,29). The maximum atomic E-state index is 13.6. The number of unbranched alkanes of at least 4 members (excludes halogenated alkanes) is 1. The smallest absolute Gasteiger partial charge is 0.254 e. The molecule has 0 bridgehead atoms. The lowest BCUT2D eigenvalue weighted by Crippen LogP contribution is -2.47. The monoisotopic (exact) mass is 426 g/mol. The number of amides is 1. The van der Waals surface area contributed by atoms with Crippen molar-refractivity contribution in [3.8, 4) is 0 Å². The Morgan fingerprint density at radius 1 is 1.35 bits per heavy atom. The number of anilines is 2. The Hall–Kier alpha value is -3.30. The molecular formula is C21H27FN8O. The molecule has 4 rings (SSSR count).